The van der Waals surface area contributed by atoms with E-state index in [1.54, 1.807) is 19.2 Å². The topological polar surface area (TPSA) is 63.1 Å². The molecule has 0 aliphatic heterocycles. The van der Waals surface area contributed by atoms with Gasteiger partial charge in [0.1, 0.15) is 11.7 Å². The van der Waals surface area contributed by atoms with Gasteiger partial charge in [-0.1, -0.05) is 17.7 Å². The van der Waals surface area contributed by atoms with Crippen molar-refractivity contribution in [3.8, 4) is 11.3 Å². The number of aryl methyl sites for hydroxylation is 2. The Morgan fingerprint density at radius 1 is 1.26 bits per heavy atom. The number of carboxylic acids is 1. The van der Waals surface area contributed by atoms with Crippen LogP contribution in [0.2, 0.25) is 0 Å². The first-order valence-corrected chi connectivity index (χ1v) is 6.12. The van der Waals surface area contributed by atoms with Crippen LogP contribution in [-0.4, -0.2) is 21.0 Å². The number of nitrogens with zero attached hydrogens (tertiary/aromatic N) is 2. The summed E-state index contributed by atoms with van der Waals surface area (Å²) in [7, 11) is 0. The molecule has 98 valence electrons. The molecule has 0 saturated heterocycles. The Balaban J connectivity index is 2.49. The number of aromatic nitrogens is 2. The summed E-state index contributed by atoms with van der Waals surface area (Å²) < 4.78 is 0. The highest BCUT2D eigenvalue weighted by atomic mass is 16.4. The zero-order valence-corrected chi connectivity index (χ0v) is 11.2. The van der Waals surface area contributed by atoms with E-state index in [0.717, 1.165) is 22.4 Å². The van der Waals surface area contributed by atoms with Crippen LogP contribution < -0.4 is 0 Å². The largest absolute Gasteiger partial charge is 0.481 e. The van der Waals surface area contributed by atoms with Gasteiger partial charge in [-0.15, -0.1) is 0 Å². The zero-order valence-electron chi connectivity index (χ0n) is 11.2. The molecular formula is C15H16N2O2. The Morgan fingerprint density at radius 2 is 2.00 bits per heavy atom. The van der Waals surface area contributed by atoms with Crippen molar-refractivity contribution in [1.29, 1.82) is 0 Å². The minimum absolute atomic E-state index is 0.339. The Morgan fingerprint density at radius 3 is 2.68 bits per heavy atom. The van der Waals surface area contributed by atoms with Crippen molar-refractivity contribution < 1.29 is 9.90 Å². The first-order chi connectivity index (χ1) is 8.99. The van der Waals surface area contributed by atoms with Crippen LogP contribution in [-0.2, 0) is 4.79 Å². The van der Waals surface area contributed by atoms with E-state index in [-0.39, 0.29) is 0 Å². The second kappa shape index (κ2) is 5.18. The molecule has 1 unspecified atom stereocenters. The zero-order chi connectivity index (χ0) is 14.0. The number of carboxylic acid groups (broad SMARTS) is 1. The molecule has 2 rings (SSSR count). The van der Waals surface area contributed by atoms with E-state index in [0.29, 0.717) is 5.82 Å². The molecule has 1 N–H and O–H groups in total. The van der Waals surface area contributed by atoms with Gasteiger partial charge in [0.05, 0.1) is 5.69 Å². The molecule has 0 fully saturated rings. The summed E-state index contributed by atoms with van der Waals surface area (Å²) >= 11 is 0. The predicted molar refractivity (Wildman–Crippen MR) is 73.0 cm³/mol. The average Bonchev–Trinajstić information content (AvgIpc) is 2.40. The van der Waals surface area contributed by atoms with Crippen molar-refractivity contribution in [2.45, 2.75) is 26.7 Å². The van der Waals surface area contributed by atoms with Gasteiger partial charge in [-0.2, -0.15) is 0 Å². The lowest BCUT2D eigenvalue weighted by molar-refractivity contribution is -0.138. The molecule has 0 radical (unpaired) electrons. The molecule has 19 heavy (non-hydrogen) atoms. The van der Waals surface area contributed by atoms with Gasteiger partial charge in [-0.25, -0.2) is 9.97 Å². The van der Waals surface area contributed by atoms with Gasteiger partial charge in [0, 0.05) is 11.8 Å². The summed E-state index contributed by atoms with van der Waals surface area (Å²) in [6.07, 6.45) is 1.61. The van der Waals surface area contributed by atoms with Crippen LogP contribution >= 0.6 is 0 Å². The molecule has 1 aromatic carbocycles. The fraction of sp³-hybridized carbons (Fsp3) is 0.267. The van der Waals surface area contributed by atoms with Crippen molar-refractivity contribution in [1.82, 2.24) is 9.97 Å². The molecule has 1 aromatic heterocycles. The van der Waals surface area contributed by atoms with Crippen LogP contribution in [0.5, 0.6) is 0 Å². The number of hydrogen-bond donors (Lipinski definition) is 1. The van der Waals surface area contributed by atoms with E-state index in [4.69, 9.17) is 5.11 Å². The number of rotatable bonds is 3. The first-order valence-electron chi connectivity index (χ1n) is 6.12. The summed E-state index contributed by atoms with van der Waals surface area (Å²) in [4.78, 5) is 19.4. The molecular weight excluding hydrogens is 240 g/mol. The van der Waals surface area contributed by atoms with E-state index in [2.05, 4.69) is 9.97 Å². The van der Waals surface area contributed by atoms with Crippen LogP contribution in [0.4, 0.5) is 0 Å². The lowest BCUT2D eigenvalue weighted by Crippen LogP contribution is -2.11. The molecule has 1 atom stereocenters. The Labute approximate surface area is 112 Å². The SMILES string of the molecule is Cc1ccc(C)c(-c2ccnc(C(C)C(=O)O)n2)c1. The van der Waals surface area contributed by atoms with E-state index in [1.165, 1.54) is 0 Å². The lowest BCUT2D eigenvalue weighted by atomic mass is 10.0. The van der Waals surface area contributed by atoms with Crippen molar-refractivity contribution in [2.75, 3.05) is 0 Å². The second-order valence-corrected chi connectivity index (χ2v) is 4.68. The molecule has 4 heteroatoms. The maximum Gasteiger partial charge on any atom is 0.313 e. The van der Waals surface area contributed by atoms with Gasteiger partial charge >= 0.3 is 5.97 Å². The highest BCUT2D eigenvalue weighted by molar-refractivity contribution is 5.74. The van der Waals surface area contributed by atoms with E-state index in [9.17, 15) is 4.79 Å². The summed E-state index contributed by atoms with van der Waals surface area (Å²) in [5, 5.41) is 9.02. The van der Waals surface area contributed by atoms with Crippen molar-refractivity contribution in [3.63, 3.8) is 0 Å². The number of benzene rings is 1. The first kappa shape index (κ1) is 13.2. The van der Waals surface area contributed by atoms with Crippen LogP contribution in [0.1, 0.15) is 29.8 Å². The molecule has 0 bridgehead atoms. The van der Waals surface area contributed by atoms with Crippen LogP contribution in [0, 0.1) is 13.8 Å². The molecule has 0 amide bonds. The monoisotopic (exact) mass is 256 g/mol. The number of carbonyl (C=O) groups is 1. The van der Waals surface area contributed by atoms with Crippen molar-refractivity contribution >= 4 is 5.97 Å². The Hall–Kier alpha value is -2.23. The number of aliphatic carboxylic acids is 1. The van der Waals surface area contributed by atoms with Crippen LogP contribution in [0.25, 0.3) is 11.3 Å². The van der Waals surface area contributed by atoms with Gasteiger partial charge in [0.25, 0.3) is 0 Å². The molecule has 1 heterocycles. The summed E-state index contributed by atoms with van der Waals surface area (Å²) in [6, 6.07) is 7.93. The standard InChI is InChI=1S/C15H16N2O2/c1-9-4-5-10(2)12(8-9)13-6-7-16-14(17-13)11(3)15(18)19/h4-8,11H,1-3H3,(H,18,19). The number of hydrogen-bond acceptors (Lipinski definition) is 3. The fourth-order valence-corrected chi connectivity index (χ4v) is 1.85. The van der Waals surface area contributed by atoms with E-state index < -0.39 is 11.9 Å². The Kier molecular flexibility index (Phi) is 3.60. The Bertz CT molecular complexity index is 623. The third kappa shape index (κ3) is 2.78. The maximum atomic E-state index is 11.0. The van der Waals surface area contributed by atoms with E-state index in [1.807, 2.05) is 32.0 Å². The third-order valence-corrected chi connectivity index (χ3v) is 3.10. The van der Waals surface area contributed by atoms with Gasteiger partial charge in [0.2, 0.25) is 0 Å². The third-order valence-electron chi connectivity index (χ3n) is 3.10. The summed E-state index contributed by atoms with van der Waals surface area (Å²) in [6.45, 7) is 5.62. The minimum Gasteiger partial charge on any atom is -0.481 e. The summed E-state index contributed by atoms with van der Waals surface area (Å²) in [5.74, 6) is -1.28. The fourth-order valence-electron chi connectivity index (χ4n) is 1.85. The smallest absolute Gasteiger partial charge is 0.313 e. The predicted octanol–water partition coefficient (Wildman–Crippen LogP) is 2.95. The molecule has 2 aromatic rings. The van der Waals surface area contributed by atoms with Gasteiger partial charge in [0.15, 0.2) is 0 Å². The molecule has 0 spiro atoms. The van der Waals surface area contributed by atoms with E-state index >= 15 is 0 Å². The lowest BCUT2D eigenvalue weighted by Gasteiger charge is -2.09. The van der Waals surface area contributed by atoms with Crippen LogP contribution in [0.3, 0.4) is 0 Å². The quantitative estimate of drug-likeness (QED) is 0.917. The molecule has 4 nitrogen and oxygen atoms in total. The minimum atomic E-state index is -0.918. The second-order valence-electron chi connectivity index (χ2n) is 4.68. The molecule has 0 aliphatic carbocycles. The molecule has 0 aliphatic rings. The van der Waals surface area contributed by atoms with Crippen molar-refractivity contribution in [3.05, 3.63) is 47.4 Å². The van der Waals surface area contributed by atoms with Gasteiger partial charge in [-0.3, -0.25) is 4.79 Å². The van der Waals surface area contributed by atoms with Crippen LogP contribution in [0.15, 0.2) is 30.5 Å². The highest BCUT2D eigenvalue weighted by Gasteiger charge is 2.17. The average molecular weight is 256 g/mol. The van der Waals surface area contributed by atoms with Gasteiger partial charge < -0.3 is 5.11 Å². The molecule has 0 saturated carbocycles. The maximum absolute atomic E-state index is 11.0. The van der Waals surface area contributed by atoms with Gasteiger partial charge in [-0.05, 0) is 38.5 Å². The van der Waals surface area contributed by atoms with Crippen molar-refractivity contribution in [2.24, 2.45) is 0 Å². The normalized spacial score (nSPS) is 12.2. The summed E-state index contributed by atoms with van der Waals surface area (Å²) in [5.41, 5.74) is 4.03. The highest BCUT2D eigenvalue weighted by Crippen LogP contribution is 2.23.